The van der Waals surface area contributed by atoms with Crippen molar-refractivity contribution in [3.63, 3.8) is 0 Å². The van der Waals surface area contributed by atoms with Gasteiger partial charge in [-0.2, -0.15) is 14.6 Å². The molecule has 160 valence electrons. The molecule has 10 heteroatoms. The van der Waals surface area contributed by atoms with E-state index in [-0.39, 0.29) is 15.9 Å². The molecule has 0 saturated heterocycles. The average Bonchev–Trinajstić information content (AvgIpc) is 3.25. The Balaban J connectivity index is 1.96. The van der Waals surface area contributed by atoms with E-state index in [2.05, 4.69) is 19.2 Å². The van der Waals surface area contributed by atoms with E-state index in [9.17, 15) is 18.5 Å². The molecule has 0 radical (unpaired) electrons. The summed E-state index contributed by atoms with van der Waals surface area (Å²) in [5, 5.41) is 11.6. The van der Waals surface area contributed by atoms with Crippen molar-refractivity contribution in [1.29, 1.82) is 5.26 Å². The molecular formula is C21H21N5O3S2. The highest BCUT2D eigenvalue weighted by Crippen LogP contribution is 2.27. The number of nitrogens with one attached hydrogen (secondary N) is 1. The first-order chi connectivity index (χ1) is 14.5. The van der Waals surface area contributed by atoms with Crippen LogP contribution in [0, 0.1) is 39.0 Å². The molecule has 0 atom stereocenters. The molecule has 3 aromatic rings. The molecule has 2 aromatic heterocycles. The first kappa shape index (κ1) is 22.4. The quantitative estimate of drug-likeness (QED) is 0.465. The maximum atomic E-state index is 12.6. The standard InChI is InChI=1S/C21H21N5O3S2/c1-12-7-6-8-13(2)18(12)26-14(3)9-16(15(26)4)10-17(11-22)19(27)23-20-24-21(25-30-20)31(5,28)29/h6-10H,1-5H3,(H,23,24,25,27). The van der Waals surface area contributed by atoms with Crippen molar-refractivity contribution in [2.24, 2.45) is 0 Å². The van der Waals surface area contributed by atoms with E-state index in [4.69, 9.17) is 0 Å². The van der Waals surface area contributed by atoms with Gasteiger partial charge < -0.3 is 4.57 Å². The Bertz CT molecular complexity index is 1340. The van der Waals surface area contributed by atoms with Crippen molar-refractivity contribution < 1.29 is 13.2 Å². The van der Waals surface area contributed by atoms with Gasteiger partial charge in [0.05, 0.1) is 5.69 Å². The number of hydrogen-bond acceptors (Lipinski definition) is 7. The largest absolute Gasteiger partial charge is 0.317 e. The first-order valence-electron chi connectivity index (χ1n) is 9.25. The lowest BCUT2D eigenvalue weighted by Crippen LogP contribution is -2.13. The molecule has 0 aliphatic carbocycles. The van der Waals surface area contributed by atoms with E-state index in [1.807, 2.05) is 58.0 Å². The van der Waals surface area contributed by atoms with Gasteiger partial charge in [-0.3, -0.25) is 10.1 Å². The first-order valence-corrected chi connectivity index (χ1v) is 11.9. The molecule has 0 saturated carbocycles. The lowest BCUT2D eigenvalue weighted by atomic mass is 10.1. The van der Waals surface area contributed by atoms with Crippen LogP contribution in [0.25, 0.3) is 11.8 Å². The summed E-state index contributed by atoms with van der Waals surface area (Å²) in [6.45, 7) is 7.98. The minimum atomic E-state index is -3.58. The Morgan fingerprint density at radius 2 is 1.87 bits per heavy atom. The second-order valence-electron chi connectivity index (χ2n) is 7.18. The summed E-state index contributed by atoms with van der Waals surface area (Å²) in [6.07, 6.45) is 2.49. The van der Waals surface area contributed by atoms with Crippen molar-refractivity contribution in [1.82, 2.24) is 13.9 Å². The summed E-state index contributed by atoms with van der Waals surface area (Å²) < 4.78 is 28.8. The van der Waals surface area contributed by atoms with Crippen LogP contribution >= 0.6 is 11.5 Å². The number of carbonyl (C=O) groups excluding carboxylic acids is 1. The number of hydrogen-bond donors (Lipinski definition) is 1. The van der Waals surface area contributed by atoms with E-state index in [1.165, 1.54) is 6.08 Å². The Morgan fingerprint density at radius 3 is 2.42 bits per heavy atom. The van der Waals surface area contributed by atoms with Gasteiger partial charge in [-0.05, 0) is 56.5 Å². The van der Waals surface area contributed by atoms with Crippen molar-refractivity contribution in [3.05, 3.63) is 57.9 Å². The van der Waals surface area contributed by atoms with Gasteiger partial charge in [-0.25, -0.2) is 8.42 Å². The number of para-hydroxylation sites is 1. The summed E-state index contributed by atoms with van der Waals surface area (Å²) >= 11 is 0.736. The van der Waals surface area contributed by atoms with Crippen LogP contribution in [-0.2, 0) is 14.6 Å². The van der Waals surface area contributed by atoms with Crippen LogP contribution in [0.4, 0.5) is 5.13 Å². The molecule has 0 unspecified atom stereocenters. The predicted octanol–water partition coefficient (Wildman–Crippen LogP) is 3.51. The number of amides is 1. The molecule has 2 heterocycles. The van der Waals surface area contributed by atoms with Gasteiger partial charge in [0.2, 0.25) is 15.0 Å². The van der Waals surface area contributed by atoms with Gasteiger partial charge in [0.1, 0.15) is 11.6 Å². The lowest BCUT2D eigenvalue weighted by Gasteiger charge is -2.15. The Kier molecular flexibility index (Phi) is 6.10. The number of aromatic nitrogens is 3. The highest BCUT2D eigenvalue weighted by atomic mass is 32.2. The monoisotopic (exact) mass is 455 g/mol. The Labute approximate surface area is 185 Å². The van der Waals surface area contributed by atoms with Gasteiger partial charge in [-0.1, -0.05) is 18.2 Å². The number of carbonyl (C=O) groups is 1. The molecular weight excluding hydrogens is 434 g/mol. The van der Waals surface area contributed by atoms with Crippen molar-refractivity contribution in [2.45, 2.75) is 32.9 Å². The van der Waals surface area contributed by atoms with Gasteiger partial charge >= 0.3 is 0 Å². The number of nitrogens with zero attached hydrogens (tertiary/aromatic N) is 4. The van der Waals surface area contributed by atoms with Crippen LogP contribution in [0.5, 0.6) is 0 Å². The zero-order valence-corrected chi connectivity index (χ0v) is 19.3. The smallest absolute Gasteiger partial charge is 0.268 e. The predicted molar refractivity (Wildman–Crippen MR) is 120 cm³/mol. The van der Waals surface area contributed by atoms with Gasteiger partial charge in [0.15, 0.2) is 0 Å². The normalized spacial score (nSPS) is 11.9. The number of aryl methyl sites for hydroxylation is 3. The van der Waals surface area contributed by atoms with Crippen LogP contribution in [0.3, 0.4) is 0 Å². The van der Waals surface area contributed by atoms with Crippen molar-refractivity contribution in [2.75, 3.05) is 11.6 Å². The average molecular weight is 456 g/mol. The minimum Gasteiger partial charge on any atom is -0.317 e. The molecule has 0 bridgehead atoms. The fourth-order valence-corrected chi connectivity index (χ4v) is 4.76. The van der Waals surface area contributed by atoms with E-state index in [1.54, 1.807) is 0 Å². The zero-order chi connectivity index (χ0) is 22.9. The van der Waals surface area contributed by atoms with Crippen LogP contribution in [-0.4, -0.2) is 34.5 Å². The summed E-state index contributed by atoms with van der Waals surface area (Å²) in [5.41, 5.74) is 5.79. The Hall–Kier alpha value is -3.29. The zero-order valence-electron chi connectivity index (χ0n) is 17.7. The molecule has 0 spiro atoms. The summed E-state index contributed by atoms with van der Waals surface area (Å²) in [7, 11) is -3.58. The highest BCUT2D eigenvalue weighted by Gasteiger charge is 2.19. The second-order valence-corrected chi connectivity index (χ2v) is 9.84. The van der Waals surface area contributed by atoms with E-state index in [0.717, 1.165) is 51.6 Å². The molecule has 0 aliphatic heterocycles. The SMILES string of the molecule is Cc1cccc(C)c1-n1c(C)cc(C=C(C#N)C(=O)Nc2nc(S(C)(=O)=O)ns2)c1C. The maximum Gasteiger partial charge on any atom is 0.268 e. The molecule has 31 heavy (non-hydrogen) atoms. The van der Waals surface area contributed by atoms with E-state index >= 15 is 0 Å². The number of anilines is 1. The van der Waals surface area contributed by atoms with Crippen molar-refractivity contribution in [3.8, 4) is 11.8 Å². The summed E-state index contributed by atoms with van der Waals surface area (Å²) in [4.78, 5) is 16.4. The number of nitriles is 1. The van der Waals surface area contributed by atoms with Crippen LogP contribution in [0.2, 0.25) is 0 Å². The topological polar surface area (TPSA) is 118 Å². The third-order valence-electron chi connectivity index (χ3n) is 4.76. The number of benzene rings is 1. The fourth-order valence-electron chi connectivity index (χ4n) is 3.32. The van der Waals surface area contributed by atoms with E-state index in [0.29, 0.717) is 0 Å². The highest BCUT2D eigenvalue weighted by molar-refractivity contribution is 7.90. The van der Waals surface area contributed by atoms with Gasteiger partial charge in [0.25, 0.3) is 11.1 Å². The van der Waals surface area contributed by atoms with E-state index < -0.39 is 15.7 Å². The van der Waals surface area contributed by atoms with Gasteiger partial charge in [-0.15, -0.1) is 0 Å². The minimum absolute atomic E-state index is 0.00702. The lowest BCUT2D eigenvalue weighted by molar-refractivity contribution is -0.112. The molecule has 8 nitrogen and oxygen atoms in total. The van der Waals surface area contributed by atoms with Gasteiger partial charge in [0, 0.05) is 29.2 Å². The molecule has 0 aliphatic rings. The third-order valence-corrected chi connectivity index (χ3v) is 6.35. The molecule has 1 N–H and O–H groups in total. The second kappa shape index (κ2) is 8.45. The maximum absolute atomic E-state index is 12.6. The molecule has 1 aromatic carbocycles. The molecule has 3 rings (SSSR count). The molecule has 0 fully saturated rings. The summed E-state index contributed by atoms with van der Waals surface area (Å²) in [6, 6.07) is 9.90. The molecule has 1 amide bonds. The fraction of sp³-hybridized carbons (Fsp3) is 0.238. The van der Waals surface area contributed by atoms with Crippen LogP contribution < -0.4 is 5.32 Å². The van der Waals surface area contributed by atoms with Crippen LogP contribution in [0.15, 0.2) is 35.0 Å². The third kappa shape index (κ3) is 4.57. The number of sulfone groups is 1. The summed E-state index contributed by atoms with van der Waals surface area (Å²) in [5.74, 6) is -0.685. The van der Waals surface area contributed by atoms with Crippen molar-refractivity contribution >= 4 is 38.5 Å². The number of rotatable bonds is 5. The Morgan fingerprint density at radius 1 is 1.23 bits per heavy atom. The van der Waals surface area contributed by atoms with Crippen LogP contribution in [0.1, 0.15) is 28.1 Å².